The smallest absolute Gasteiger partial charge is 0.272 e. The number of nitrogens with zero attached hydrogens (tertiary/aromatic N) is 1. The van der Waals surface area contributed by atoms with Crippen LogP contribution >= 0.6 is 0 Å². The van der Waals surface area contributed by atoms with Crippen LogP contribution in [0.4, 0.5) is 15.8 Å². The average molecular weight is 439 g/mol. The molecule has 7 nitrogen and oxygen atoms in total. The lowest BCUT2D eigenvalue weighted by Gasteiger charge is -2.26. The number of ether oxygens (including phenoxy) is 1. The summed E-state index contributed by atoms with van der Waals surface area (Å²) in [4.78, 5) is 30.3. The van der Waals surface area contributed by atoms with Crippen LogP contribution in [-0.2, 0) is 9.53 Å². The van der Waals surface area contributed by atoms with Crippen LogP contribution in [0.25, 0.3) is 10.9 Å². The van der Waals surface area contributed by atoms with E-state index in [1.807, 2.05) is 19.9 Å². The Morgan fingerprint density at radius 1 is 1.09 bits per heavy atom. The number of nitrogens with one attached hydrogen (secondary N) is 3. The van der Waals surface area contributed by atoms with E-state index >= 15 is 0 Å². The summed E-state index contributed by atoms with van der Waals surface area (Å²) in [5.41, 5.74) is 3.92. The minimum absolute atomic E-state index is 0.0397. The highest BCUT2D eigenvalue weighted by Gasteiger charge is 2.15. The molecule has 0 atom stereocenters. The maximum atomic E-state index is 14.2. The molecule has 168 valence electrons. The quantitative estimate of drug-likeness (QED) is 0.546. The van der Waals surface area contributed by atoms with Crippen LogP contribution in [0, 0.1) is 19.7 Å². The molecule has 2 heterocycles. The van der Waals surface area contributed by atoms with Gasteiger partial charge >= 0.3 is 0 Å². The fourth-order valence-electron chi connectivity index (χ4n) is 3.92. The highest BCUT2D eigenvalue weighted by Crippen LogP contribution is 2.24. The van der Waals surface area contributed by atoms with Crippen molar-refractivity contribution in [2.75, 3.05) is 43.5 Å². The van der Waals surface area contributed by atoms with E-state index in [1.165, 1.54) is 18.2 Å². The van der Waals surface area contributed by atoms with Crippen LogP contribution in [0.15, 0.2) is 36.4 Å². The van der Waals surface area contributed by atoms with E-state index in [1.54, 1.807) is 6.07 Å². The van der Waals surface area contributed by atoms with E-state index in [-0.39, 0.29) is 23.9 Å². The van der Waals surface area contributed by atoms with Gasteiger partial charge in [0.15, 0.2) is 0 Å². The molecule has 1 fully saturated rings. The Morgan fingerprint density at radius 3 is 2.66 bits per heavy atom. The third kappa shape index (κ3) is 5.15. The fraction of sp³-hybridized carbons (Fsp3) is 0.333. The van der Waals surface area contributed by atoms with Crippen molar-refractivity contribution < 1.29 is 18.7 Å². The molecule has 2 aromatic carbocycles. The van der Waals surface area contributed by atoms with Gasteiger partial charge in [-0.3, -0.25) is 14.5 Å². The van der Waals surface area contributed by atoms with Crippen molar-refractivity contribution in [2.45, 2.75) is 20.3 Å². The van der Waals surface area contributed by atoms with Crippen molar-refractivity contribution in [3.63, 3.8) is 0 Å². The van der Waals surface area contributed by atoms with Gasteiger partial charge in [-0.2, -0.15) is 0 Å². The van der Waals surface area contributed by atoms with E-state index in [2.05, 4.69) is 26.6 Å². The number of halogens is 1. The summed E-state index contributed by atoms with van der Waals surface area (Å²) in [6.45, 7) is 7.49. The number of rotatable bonds is 6. The molecule has 1 aromatic heterocycles. The summed E-state index contributed by atoms with van der Waals surface area (Å²) in [6, 6.07) is 9.98. The SMILES string of the molecule is Cc1cc(C)c2cc(C(=O)Nc3ccc(F)c(NC(=O)CCN4CCOCC4)c3)[nH]c2c1. The zero-order chi connectivity index (χ0) is 22.7. The maximum Gasteiger partial charge on any atom is 0.272 e. The molecule has 0 aliphatic carbocycles. The molecule has 8 heteroatoms. The molecule has 0 spiro atoms. The topological polar surface area (TPSA) is 86.5 Å². The predicted octanol–water partition coefficient (Wildman–Crippen LogP) is 3.84. The van der Waals surface area contributed by atoms with Crippen molar-refractivity contribution in [3.05, 3.63) is 59.0 Å². The monoisotopic (exact) mass is 438 g/mol. The van der Waals surface area contributed by atoms with Crippen molar-refractivity contribution in [1.82, 2.24) is 9.88 Å². The van der Waals surface area contributed by atoms with Gasteiger partial charge in [-0.25, -0.2) is 4.39 Å². The van der Waals surface area contributed by atoms with Crippen LogP contribution in [0.5, 0.6) is 0 Å². The third-order valence-electron chi connectivity index (χ3n) is 5.59. The normalized spacial score (nSPS) is 14.5. The van der Waals surface area contributed by atoms with E-state index in [0.29, 0.717) is 31.1 Å². The number of aryl methyl sites for hydroxylation is 2. The standard InChI is InChI=1S/C24H27FN4O3/c1-15-11-16(2)18-14-22(27-20(18)12-15)24(31)26-17-3-4-19(25)21(13-17)28-23(30)5-6-29-7-9-32-10-8-29/h3-4,11-14,27H,5-10H2,1-2H3,(H,26,31)(H,28,30). The zero-order valence-corrected chi connectivity index (χ0v) is 18.3. The first-order valence-electron chi connectivity index (χ1n) is 10.7. The molecule has 0 saturated carbocycles. The van der Waals surface area contributed by atoms with Crippen molar-refractivity contribution in [3.8, 4) is 0 Å². The molecule has 4 rings (SSSR count). The zero-order valence-electron chi connectivity index (χ0n) is 18.3. The van der Waals surface area contributed by atoms with Crippen molar-refractivity contribution in [2.24, 2.45) is 0 Å². The number of H-pyrrole nitrogens is 1. The van der Waals surface area contributed by atoms with Gasteiger partial charge in [0.2, 0.25) is 5.91 Å². The Bertz CT molecular complexity index is 1150. The number of anilines is 2. The molecular formula is C24H27FN4O3. The average Bonchev–Trinajstić information content (AvgIpc) is 3.20. The summed E-state index contributed by atoms with van der Waals surface area (Å²) >= 11 is 0. The van der Waals surface area contributed by atoms with Gasteiger partial charge in [-0.15, -0.1) is 0 Å². The van der Waals surface area contributed by atoms with Gasteiger partial charge in [0, 0.05) is 42.6 Å². The predicted molar refractivity (Wildman–Crippen MR) is 123 cm³/mol. The number of aromatic nitrogens is 1. The Kier molecular flexibility index (Phi) is 6.53. The molecule has 1 aliphatic rings. The molecule has 3 aromatic rings. The number of amides is 2. The number of hydrogen-bond donors (Lipinski definition) is 3. The minimum Gasteiger partial charge on any atom is -0.379 e. The summed E-state index contributed by atoms with van der Waals surface area (Å²) < 4.78 is 19.5. The molecule has 2 amide bonds. The Hall–Kier alpha value is -3.23. The number of morpholine rings is 1. The van der Waals surface area contributed by atoms with Crippen LogP contribution in [-0.4, -0.2) is 54.5 Å². The van der Waals surface area contributed by atoms with Crippen LogP contribution in [0.1, 0.15) is 28.0 Å². The number of aromatic amines is 1. The molecular weight excluding hydrogens is 411 g/mol. The second-order valence-electron chi connectivity index (χ2n) is 8.13. The van der Waals surface area contributed by atoms with E-state index in [4.69, 9.17) is 4.74 Å². The molecule has 3 N–H and O–H groups in total. The Morgan fingerprint density at radius 2 is 1.88 bits per heavy atom. The molecule has 32 heavy (non-hydrogen) atoms. The van der Waals surface area contributed by atoms with Crippen molar-refractivity contribution in [1.29, 1.82) is 0 Å². The van der Waals surface area contributed by atoms with E-state index < -0.39 is 5.82 Å². The highest BCUT2D eigenvalue weighted by molar-refractivity contribution is 6.06. The number of carbonyl (C=O) groups is 2. The molecule has 1 saturated heterocycles. The Labute approximate surface area is 185 Å². The third-order valence-corrected chi connectivity index (χ3v) is 5.59. The maximum absolute atomic E-state index is 14.2. The molecule has 0 bridgehead atoms. The number of benzene rings is 2. The fourth-order valence-corrected chi connectivity index (χ4v) is 3.92. The first kappa shape index (κ1) is 22.0. The summed E-state index contributed by atoms with van der Waals surface area (Å²) in [5.74, 6) is -1.17. The lowest BCUT2D eigenvalue weighted by atomic mass is 10.1. The molecule has 0 radical (unpaired) electrons. The van der Waals surface area contributed by atoms with E-state index in [9.17, 15) is 14.0 Å². The Balaban J connectivity index is 1.41. The second-order valence-corrected chi connectivity index (χ2v) is 8.13. The van der Waals surface area contributed by atoms with Crippen LogP contribution in [0.3, 0.4) is 0 Å². The van der Waals surface area contributed by atoms with Gasteiger partial charge in [0.1, 0.15) is 11.5 Å². The van der Waals surface area contributed by atoms with Crippen LogP contribution in [0.2, 0.25) is 0 Å². The lowest BCUT2D eigenvalue weighted by molar-refractivity contribution is -0.116. The summed E-state index contributed by atoms with van der Waals surface area (Å²) in [6.07, 6.45) is 0.254. The highest BCUT2D eigenvalue weighted by atomic mass is 19.1. The summed E-state index contributed by atoms with van der Waals surface area (Å²) in [7, 11) is 0. The van der Waals surface area contributed by atoms with Gasteiger partial charge in [0.05, 0.1) is 18.9 Å². The van der Waals surface area contributed by atoms with Crippen molar-refractivity contribution >= 4 is 34.1 Å². The van der Waals surface area contributed by atoms with Crippen LogP contribution < -0.4 is 10.6 Å². The second kappa shape index (κ2) is 9.50. The van der Waals surface area contributed by atoms with Gasteiger partial charge in [0.25, 0.3) is 5.91 Å². The van der Waals surface area contributed by atoms with E-state index in [0.717, 1.165) is 35.1 Å². The van der Waals surface area contributed by atoms with Gasteiger partial charge in [-0.1, -0.05) is 6.07 Å². The largest absolute Gasteiger partial charge is 0.379 e. The minimum atomic E-state index is -0.556. The van der Waals surface area contributed by atoms with Gasteiger partial charge < -0.3 is 20.4 Å². The molecule has 1 aliphatic heterocycles. The summed E-state index contributed by atoms with van der Waals surface area (Å²) in [5, 5.41) is 6.35. The van der Waals surface area contributed by atoms with Gasteiger partial charge in [-0.05, 0) is 55.3 Å². The number of hydrogen-bond acceptors (Lipinski definition) is 4. The molecule has 0 unspecified atom stereocenters. The number of carbonyl (C=O) groups excluding carboxylic acids is 2. The first-order valence-corrected chi connectivity index (χ1v) is 10.7. The lowest BCUT2D eigenvalue weighted by Crippen LogP contribution is -2.38. The first-order chi connectivity index (χ1) is 15.4. The number of fused-ring (bicyclic) bond motifs is 1.